The van der Waals surface area contributed by atoms with Crippen molar-refractivity contribution in [3.05, 3.63) is 59.8 Å². The molecule has 0 atom stereocenters. The number of nitrogens with zero attached hydrogens (tertiary/aromatic N) is 5. The van der Waals surface area contributed by atoms with Gasteiger partial charge in [-0.25, -0.2) is 9.98 Å². The molecule has 9 nitrogen and oxygen atoms in total. The molecule has 0 radical (unpaired) electrons. The van der Waals surface area contributed by atoms with Crippen LogP contribution in [-0.2, 0) is 9.47 Å². The molecule has 1 aliphatic heterocycles. The monoisotopic (exact) mass is 504 g/mol. The number of hydrogen-bond donors (Lipinski definition) is 1. The van der Waals surface area contributed by atoms with Crippen molar-refractivity contribution in [2.75, 3.05) is 68.8 Å². The van der Waals surface area contributed by atoms with Gasteiger partial charge in [-0.1, -0.05) is 12.1 Å². The van der Waals surface area contributed by atoms with Gasteiger partial charge in [-0.15, -0.1) is 0 Å². The quantitative estimate of drug-likeness (QED) is 0.251. The first-order chi connectivity index (χ1) is 17.9. The fraction of sp³-hybridized carbons (Fsp3) is 0.393. The van der Waals surface area contributed by atoms with E-state index in [1.807, 2.05) is 62.2 Å². The molecule has 0 bridgehead atoms. The fourth-order valence-electron chi connectivity index (χ4n) is 4.07. The number of aryl methyl sites for hydroxylation is 2. The number of benzene rings is 2. The predicted octanol–water partition coefficient (Wildman–Crippen LogP) is 4.89. The highest BCUT2D eigenvalue weighted by atomic mass is 16.5. The summed E-state index contributed by atoms with van der Waals surface area (Å²) in [7, 11) is 3.62. The number of ether oxygens (including phenoxy) is 3. The number of morpholine rings is 1. The van der Waals surface area contributed by atoms with Crippen molar-refractivity contribution in [1.29, 1.82) is 0 Å². The minimum absolute atomic E-state index is 0.511. The van der Waals surface area contributed by atoms with Gasteiger partial charge in [-0.2, -0.15) is 4.98 Å². The number of nitrogens with one attached hydrogen (secondary N) is 1. The van der Waals surface area contributed by atoms with E-state index in [0.717, 1.165) is 53.2 Å². The van der Waals surface area contributed by atoms with Crippen LogP contribution >= 0.6 is 0 Å². The van der Waals surface area contributed by atoms with Crippen LogP contribution < -0.4 is 19.9 Å². The SMILES string of the molecule is COCCOc1ccc(N(C)c2nc(C)c(N=C(C)Nc3cccc(C)c3)c(N3CCOCC3)n2)cc1. The average Bonchev–Trinajstić information content (AvgIpc) is 2.90. The Balaban J connectivity index is 1.63. The molecule has 0 amide bonds. The minimum Gasteiger partial charge on any atom is -0.491 e. The second-order valence-electron chi connectivity index (χ2n) is 8.97. The van der Waals surface area contributed by atoms with Gasteiger partial charge in [0, 0.05) is 38.6 Å². The molecule has 0 saturated carbocycles. The number of aromatic nitrogens is 2. The van der Waals surface area contributed by atoms with Crippen LogP contribution in [0.3, 0.4) is 0 Å². The Labute approximate surface area is 219 Å². The minimum atomic E-state index is 0.511. The molecule has 4 rings (SSSR count). The zero-order valence-electron chi connectivity index (χ0n) is 22.3. The molecule has 196 valence electrons. The predicted molar refractivity (Wildman–Crippen MR) is 149 cm³/mol. The van der Waals surface area contributed by atoms with E-state index in [2.05, 4.69) is 29.3 Å². The molecular weight excluding hydrogens is 468 g/mol. The lowest BCUT2D eigenvalue weighted by atomic mass is 10.2. The summed E-state index contributed by atoms with van der Waals surface area (Å²) < 4.78 is 16.3. The number of methoxy groups -OCH3 is 1. The number of hydrogen-bond acceptors (Lipinski definition) is 8. The largest absolute Gasteiger partial charge is 0.491 e. The Morgan fingerprint density at radius 3 is 2.54 bits per heavy atom. The van der Waals surface area contributed by atoms with Crippen LogP contribution in [0.4, 0.5) is 28.8 Å². The summed E-state index contributed by atoms with van der Waals surface area (Å²) in [5.74, 6) is 2.98. The van der Waals surface area contributed by atoms with Crippen molar-refractivity contribution in [1.82, 2.24) is 9.97 Å². The maximum atomic E-state index is 5.69. The third-order valence-corrected chi connectivity index (χ3v) is 6.04. The first kappa shape index (κ1) is 26.4. The van der Waals surface area contributed by atoms with Crippen molar-refractivity contribution in [3.8, 4) is 5.75 Å². The van der Waals surface area contributed by atoms with Crippen molar-refractivity contribution in [2.24, 2.45) is 4.99 Å². The van der Waals surface area contributed by atoms with Crippen LogP contribution in [0.25, 0.3) is 0 Å². The maximum Gasteiger partial charge on any atom is 0.231 e. The van der Waals surface area contributed by atoms with E-state index >= 15 is 0 Å². The first-order valence-corrected chi connectivity index (χ1v) is 12.5. The average molecular weight is 505 g/mol. The second kappa shape index (κ2) is 12.5. The Morgan fingerprint density at radius 1 is 1.08 bits per heavy atom. The summed E-state index contributed by atoms with van der Waals surface area (Å²) >= 11 is 0. The van der Waals surface area contributed by atoms with Gasteiger partial charge in [0.2, 0.25) is 5.95 Å². The molecule has 0 aliphatic carbocycles. The standard InChI is InChI=1S/C28H36N6O3/c1-20-7-6-8-23(19-20)30-22(3)31-26-21(2)29-28(32-27(26)34-13-15-36-16-14-34)33(4)24-9-11-25(12-10-24)37-18-17-35-5/h6-12,19H,13-18H2,1-5H3,(H,30,31). The van der Waals surface area contributed by atoms with E-state index in [-0.39, 0.29) is 0 Å². The van der Waals surface area contributed by atoms with Crippen molar-refractivity contribution < 1.29 is 14.2 Å². The normalized spacial score (nSPS) is 14.0. The van der Waals surface area contributed by atoms with Crippen molar-refractivity contribution in [2.45, 2.75) is 20.8 Å². The molecule has 1 aliphatic rings. The number of aliphatic imine (C=N–C) groups is 1. The molecule has 2 heterocycles. The summed E-state index contributed by atoms with van der Waals surface area (Å²) in [5.41, 5.74) is 4.72. The van der Waals surface area contributed by atoms with Gasteiger partial charge in [0.15, 0.2) is 5.82 Å². The van der Waals surface area contributed by atoms with Crippen LogP contribution in [0, 0.1) is 13.8 Å². The highest BCUT2D eigenvalue weighted by molar-refractivity contribution is 5.96. The lowest BCUT2D eigenvalue weighted by molar-refractivity contribution is 0.122. The van der Waals surface area contributed by atoms with E-state index in [1.165, 1.54) is 5.56 Å². The molecule has 0 spiro atoms. The summed E-state index contributed by atoms with van der Waals surface area (Å²) in [5, 5.41) is 3.40. The van der Waals surface area contributed by atoms with Crippen LogP contribution in [0.15, 0.2) is 53.5 Å². The van der Waals surface area contributed by atoms with Crippen LogP contribution in [0.1, 0.15) is 18.2 Å². The van der Waals surface area contributed by atoms with E-state index in [1.54, 1.807) is 7.11 Å². The van der Waals surface area contributed by atoms with E-state index in [4.69, 9.17) is 29.2 Å². The molecule has 1 aromatic heterocycles. The molecule has 1 N–H and O–H groups in total. The van der Waals surface area contributed by atoms with Gasteiger partial charge in [0.05, 0.1) is 25.5 Å². The van der Waals surface area contributed by atoms with Gasteiger partial charge in [-0.05, 0) is 62.7 Å². The Hall–Kier alpha value is -3.69. The third-order valence-electron chi connectivity index (χ3n) is 6.04. The topological polar surface area (TPSA) is 84.3 Å². The van der Waals surface area contributed by atoms with E-state index in [0.29, 0.717) is 32.4 Å². The van der Waals surface area contributed by atoms with Gasteiger partial charge in [-0.3, -0.25) is 0 Å². The molecule has 3 aromatic rings. The first-order valence-electron chi connectivity index (χ1n) is 12.5. The van der Waals surface area contributed by atoms with Gasteiger partial charge < -0.3 is 29.3 Å². The molecule has 0 unspecified atom stereocenters. The summed E-state index contributed by atoms with van der Waals surface area (Å²) in [6.45, 7) is 9.88. The van der Waals surface area contributed by atoms with Crippen LogP contribution in [0.2, 0.25) is 0 Å². The van der Waals surface area contributed by atoms with Crippen molar-refractivity contribution in [3.63, 3.8) is 0 Å². The lowest BCUT2D eigenvalue weighted by Crippen LogP contribution is -2.37. The molecule has 2 aromatic carbocycles. The number of amidine groups is 1. The zero-order valence-corrected chi connectivity index (χ0v) is 22.3. The van der Waals surface area contributed by atoms with E-state index in [9.17, 15) is 0 Å². The van der Waals surface area contributed by atoms with E-state index < -0.39 is 0 Å². The van der Waals surface area contributed by atoms with Crippen molar-refractivity contribution >= 4 is 34.7 Å². The zero-order chi connectivity index (χ0) is 26.2. The second-order valence-corrected chi connectivity index (χ2v) is 8.97. The molecule has 1 fully saturated rings. The maximum absolute atomic E-state index is 5.69. The number of anilines is 4. The summed E-state index contributed by atoms with van der Waals surface area (Å²) in [4.78, 5) is 19.0. The lowest BCUT2D eigenvalue weighted by Gasteiger charge is -2.30. The Kier molecular flexibility index (Phi) is 8.92. The smallest absolute Gasteiger partial charge is 0.231 e. The van der Waals surface area contributed by atoms with Crippen LogP contribution in [-0.4, -0.2) is 69.5 Å². The molecule has 37 heavy (non-hydrogen) atoms. The Bertz CT molecular complexity index is 1210. The summed E-state index contributed by atoms with van der Waals surface area (Å²) in [6, 6.07) is 16.1. The number of rotatable bonds is 9. The third kappa shape index (κ3) is 6.96. The molecule has 9 heteroatoms. The summed E-state index contributed by atoms with van der Waals surface area (Å²) in [6.07, 6.45) is 0. The fourth-order valence-corrected chi connectivity index (χ4v) is 4.07. The van der Waals surface area contributed by atoms with Crippen LogP contribution in [0.5, 0.6) is 5.75 Å². The van der Waals surface area contributed by atoms with Gasteiger partial charge in [0.1, 0.15) is 23.9 Å². The van der Waals surface area contributed by atoms with Gasteiger partial charge >= 0.3 is 0 Å². The molecule has 1 saturated heterocycles. The highest BCUT2D eigenvalue weighted by Crippen LogP contribution is 2.34. The van der Waals surface area contributed by atoms with Gasteiger partial charge in [0.25, 0.3) is 0 Å². The highest BCUT2D eigenvalue weighted by Gasteiger charge is 2.22. The molecular formula is C28H36N6O3. The Morgan fingerprint density at radius 2 is 1.84 bits per heavy atom.